The zero-order chi connectivity index (χ0) is 19.6. The van der Waals surface area contributed by atoms with Crippen LogP contribution in [0.5, 0.6) is 11.5 Å². The zero-order valence-corrected chi connectivity index (χ0v) is 16.8. The monoisotopic (exact) mass is 370 g/mol. The maximum atomic E-state index is 5.92. The molecule has 2 N–H and O–H groups in total. The van der Waals surface area contributed by atoms with Crippen LogP contribution in [0.1, 0.15) is 12.5 Å². The van der Waals surface area contributed by atoms with Gasteiger partial charge in [-0.2, -0.15) is 0 Å². The Kier molecular flexibility index (Phi) is 7.79. The van der Waals surface area contributed by atoms with E-state index in [0.29, 0.717) is 13.1 Å². The zero-order valence-electron chi connectivity index (χ0n) is 16.8. The van der Waals surface area contributed by atoms with Gasteiger partial charge in [-0.15, -0.1) is 0 Å². The van der Waals surface area contributed by atoms with Gasteiger partial charge in [-0.3, -0.25) is 4.99 Å². The first-order valence-electron chi connectivity index (χ1n) is 9.03. The molecule has 0 radical (unpaired) electrons. The molecule has 0 spiro atoms. The van der Waals surface area contributed by atoms with Gasteiger partial charge in [0.1, 0.15) is 17.6 Å². The summed E-state index contributed by atoms with van der Waals surface area (Å²) in [5, 5.41) is 6.61. The van der Waals surface area contributed by atoms with Crippen molar-refractivity contribution >= 4 is 11.6 Å². The lowest BCUT2D eigenvalue weighted by atomic mass is 10.2. The van der Waals surface area contributed by atoms with Gasteiger partial charge in [0.15, 0.2) is 5.96 Å². The molecule has 0 aromatic heterocycles. The predicted octanol–water partition coefficient (Wildman–Crippen LogP) is 2.89. The first kappa shape index (κ1) is 20.4. The van der Waals surface area contributed by atoms with Gasteiger partial charge < -0.3 is 25.0 Å². The molecule has 1 atom stereocenters. The topological polar surface area (TPSA) is 58.1 Å². The fourth-order valence-corrected chi connectivity index (χ4v) is 2.51. The van der Waals surface area contributed by atoms with Crippen LogP contribution in [0.3, 0.4) is 0 Å². The molecule has 0 aliphatic rings. The number of benzene rings is 2. The molecule has 0 saturated heterocycles. The van der Waals surface area contributed by atoms with Crippen LogP contribution in [0, 0.1) is 0 Å². The third-order valence-corrected chi connectivity index (χ3v) is 4.07. The molecule has 6 heteroatoms. The van der Waals surface area contributed by atoms with E-state index in [2.05, 4.69) is 44.8 Å². The molecule has 1 unspecified atom stereocenters. The highest BCUT2D eigenvalue weighted by Gasteiger charge is 2.07. The van der Waals surface area contributed by atoms with Crippen LogP contribution in [0.15, 0.2) is 53.5 Å². The second-order valence-corrected chi connectivity index (χ2v) is 6.47. The Balaban J connectivity index is 1.79. The molecular weight excluding hydrogens is 340 g/mol. The molecule has 0 fully saturated rings. The van der Waals surface area contributed by atoms with Gasteiger partial charge in [-0.1, -0.05) is 18.2 Å². The summed E-state index contributed by atoms with van der Waals surface area (Å²) < 4.78 is 11.1. The van der Waals surface area contributed by atoms with E-state index < -0.39 is 0 Å². The van der Waals surface area contributed by atoms with E-state index in [9.17, 15) is 0 Å². The minimum Gasteiger partial charge on any atom is -0.497 e. The Bertz CT molecular complexity index is 729. The molecule has 2 rings (SSSR count). The number of aliphatic imine (C=N–C) groups is 1. The molecule has 0 aliphatic heterocycles. The van der Waals surface area contributed by atoms with Crippen molar-refractivity contribution < 1.29 is 9.47 Å². The van der Waals surface area contributed by atoms with E-state index in [1.165, 1.54) is 11.3 Å². The highest BCUT2D eigenvalue weighted by Crippen LogP contribution is 2.19. The van der Waals surface area contributed by atoms with Gasteiger partial charge in [0.2, 0.25) is 0 Å². The van der Waals surface area contributed by atoms with E-state index in [4.69, 9.17) is 9.47 Å². The lowest BCUT2D eigenvalue weighted by Gasteiger charge is -2.18. The van der Waals surface area contributed by atoms with Gasteiger partial charge >= 0.3 is 0 Å². The van der Waals surface area contributed by atoms with Crippen LogP contribution in [-0.4, -0.2) is 46.9 Å². The first-order chi connectivity index (χ1) is 13.0. The molecule has 0 saturated carbocycles. The minimum absolute atomic E-state index is 0.0185. The van der Waals surface area contributed by atoms with Crippen molar-refractivity contribution in [3.63, 3.8) is 0 Å². The fraction of sp³-hybridized carbons (Fsp3) is 0.381. The Morgan fingerprint density at radius 2 is 1.78 bits per heavy atom. The number of guanidine groups is 1. The smallest absolute Gasteiger partial charge is 0.191 e. The van der Waals surface area contributed by atoms with Gasteiger partial charge in [-0.05, 0) is 36.8 Å². The molecule has 6 nitrogen and oxygen atoms in total. The van der Waals surface area contributed by atoms with E-state index in [1.54, 1.807) is 14.2 Å². The van der Waals surface area contributed by atoms with E-state index >= 15 is 0 Å². The highest BCUT2D eigenvalue weighted by molar-refractivity contribution is 5.79. The molecule has 0 aliphatic carbocycles. The largest absolute Gasteiger partial charge is 0.497 e. The van der Waals surface area contributed by atoms with Gasteiger partial charge in [0.25, 0.3) is 0 Å². The van der Waals surface area contributed by atoms with Crippen molar-refractivity contribution in [2.75, 3.05) is 39.7 Å². The average molecular weight is 370 g/mol. The minimum atomic E-state index is -0.0185. The Morgan fingerprint density at radius 3 is 2.41 bits per heavy atom. The molecule has 27 heavy (non-hydrogen) atoms. The average Bonchev–Trinajstić information content (AvgIpc) is 2.68. The summed E-state index contributed by atoms with van der Waals surface area (Å²) in [6, 6.07) is 16.1. The number of hydrogen-bond donors (Lipinski definition) is 2. The number of methoxy groups -OCH3 is 1. The lowest BCUT2D eigenvalue weighted by Crippen LogP contribution is -2.41. The van der Waals surface area contributed by atoms with Crippen LogP contribution in [-0.2, 0) is 6.54 Å². The number of nitrogens with one attached hydrogen (secondary N) is 2. The molecule has 0 amide bonds. The number of hydrogen-bond acceptors (Lipinski definition) is 4. The van der Waals surface area contributed by atoms with E-state index in [0.717, 1.165) is 17.5 Å². The molecular formula is C21H30N4O2. The molecule has 0 bridgehead atoms. The summed E-state index contributed by atoms with van der Waals surface area (Å²) >= 11 is 0. The normalized spacial score (nSPS) is 12.3. The van der Waals surface area contributed by atoms with Gasteiger partial charge in [-0.25, -0.2) is 0 Å². The van der Waals surface area contributed by atoms with Crippen LogP contribution < -0.4 is 25.0 Å². The third-order valence-electron chi connectivity index (χ3n) is 4.07. The second kappa shape index (κ2) is 10.3. The number of nitrogens with zero attached hydrogens (tertiary/aromatic N) is 2. The summed E-state index contributed by atoms with van der Waals surface area (Å²) in [7, 11) is 7.48. The molecule has 0 heterocycles. The maximum absolute atomic E-state index is 5.92. The van der Waals surface area contributed by atoms with Crippen LogP contribution in [0.25, 0.3) is 0 Å². The van der Waals surface area contributed by atoms with Crippen LogP contribution in [0.2, 0.25) is 0 Å². The summed E-state index contributed by atoms with van der Waals surface area (Å²) in [5.41, 5.74) is 2.38. The number of anilines is 1. The van der Waals surface area contributed by atoms with Gasteiger partial charge in [0, 0.05) is 39.4 Å². The van der Waals surface area contributed by atoms with Gasteiger partial charge in [0.05, 0.1) is 13.7 Å². The third kappa shape index (κ3) is 6.73. The highest BCUT2D eigenvalue weighted by atomic mass is 16.5. The molecule has 146 valence electrons. The summed E-state index contributed by atoms with van der Waals surface area (Å²) in [6.07, 6.45) is -0.0185. The summed E-state index contributed by atoms with van der Waals surface area (Å²) in [6.45, 7) is 3.36. The number of rotatable bonds is 8. The quantitative estimate of drug-likeness (QED) is 0.553. The molecule has 2 aromatic carbocycles. The SMILES string of the molecule is CN=C(NCc1ccc(N(C)C)cc1)NCC(C)Oc1cccc(OC)c1. The van der Waals surface area contributed by atoms with Crippen molar-refractivity contribution in [1.29, 1.82) is 0 Å². The van der Waals surface area contributed by atoms with Crippen LogP contribution in [0.4, 0.5) is 5.69 Å². The van der Waals surface area contributed by atoms with Crippen LogP contribution >= 0.6 is 0 Å². The second-order valence-electron chi connectivity index (χ2n) is 6.47. The van der Waals surface area contributed by atoms with Crippen molar-refractivity contribution in [2.24, 2.45) is 4.99 Å². The lowest BCUT2D eigenvalue weighted by molar-refractivity contribution is 0.223. The van der Waals surface area contributed by atoms with Crippen molar-refractivity contribution in [2.45, 2.75) is 19.6 Å². The van der Waals surface area contributed by atoms with E-state index in [-0.39, 0.29) is 6.10 Å². The maximum Gasteiger partial charge on any atom is 0.191 e. The Hall–Kier alpha value is -2.89. The predicted molar refractivity (Wildman–Crippen MR) is 112 cm³/mol. The fourth-order valence-electron chi connectivity index (χ4n) is 2.51. The van der Waals surface area contributed by atoms with Crippen molar-refractivity contribution in [3.05, 3.63) is 54.1 Å². The summed E-state index contributed by atoms with van der Waals surface area (Å²) in [5.74, 6) is 2.31. The van der Waals surface area contributed by atoms with E-state index in [1.807, 2.05) is 45.3 Å². The summed E-state index contributed by atoms with van der Waals surface area (Å²) in [4.78, 5) is 6.35. The molecule has 2 aromatic rings. The Labute approximate surface area is 162 Å². The number of ether oxygens (including phenoxy) is 2. The van der Waals surface area contributed by atoms with Crippen molar-refractivity contribution in [1.82, 2.24) is 10.6 Å². The first-order valence-corrected chi connectivity index (χ1v) is 9.03. The van der Waals surface area contributed by atoms with Crippen molar-refractivity contribution in [3.8, 4) is 11.5 Å². The standard InChI is InChI=1S/C21H30N4O2/c1-16(27-20-8-6-7-19(13-20)26-5)14-23-21(22-2)24-15-17-9-11-18(12-10-17)25(3)4/h6-13,16H,14-15H2,1-5H3,(H2,22,23,24). The Morgan fingerprint density at radius 1 is 1.07 bits per heavy atom.